The monoisotopic (exact) mass is 179 g/mol. The second-order valence-corrected chi connectivity index (χ2v) is 2.51. The van der Waals surface area contributed by atoms with Crippen LogP contribution in [0.3, 0.4) is 0 Å². The summed E-state index contributed by atoms with van der Waals surface area (Å²) in [5.41, 5.74) is 9.38. The van der Waals surface area contributed by atoms with Crippen LogP contribution >= 0.6 is 0 Å². The molecule has 9 heteroatoms. The molecule has 0 amide bonds. The van der Waals surface area contributed by atoms with Gasteiger partial charge in [-0.05, 0) is 0 Å². The van der Waals surface area contributed by atoms with Crippen molar-refractivity contribution >= 4 is 38.1 Å². The van der Waals surface area contributed by atoms with E-state index in [2.05, 4.69) is 9.68 Å². The van der Waals surface area contributed by atoms with Gasteiger partial charge in [0.05, 0.1) is 0 Å². The second kappa shape index (κ2) is 4.70. The Balaban J connectivity index is -0.000000107. The number of nitrogens with two attached hydrogens (primary N) is 2. The third-order valence-electron chi connectivity index (χ3n) is 0.274. The van der Waals surface area contributed by atoms with Crippen LogP contribution in [-0.4, -0.2) is 52.4 Å². The molecule has 0 aliphatic heterocycles. The van der Waals surface area contributed by atoms with Gasteiger partial charge in [0, 0.05) is 0 Å². The van der Waals surface area contributed by atoms with Crippen LogP contribution in [0, 0.1) is 0 Å². The Bertz CT molecular complexity index is 126. The molecule has 0 aromatic heterocycles. The van der Waals surface area contributed by atoms with Crippen LogP contribution in [0.4, 0.5) is 0 Å². The molecule has 0 aromatic rings. The van der Waals surface area contributed by atoms with E-state index in [-0.39, 0.29) is 25.9 Å². The smallest absolute Gasteiger partial charge is 1.00 e. The Hall–Kier alpha value is -0.0669. The molecule has 0 radical (unpaired) electrons. The van der Waals surface area contributed by atoms with Gasteiger partial charge < -0.3 is 33.2 Å². The fraction of sp³-hybridized carbons (Fsp3) is 0. The molecule has 10 heavy (non-hydrogen) atoms. The Morgan fingerprint density at radius 2 is 1.80 bits per heavy atom. The van der Waals surface area contributed by atoms with E-state index < -0.39 is 15.0 Å². The van der Waals surface area contributed by atoms with Gasteiger partial charge in [0.1, 0.15) is 0 Å². The maximum Gasteiger partial charge on any atom is 2.00 e. The summed E-state index contributed by atoms with van der Waals surface area (Å²) in [6.07, 6.45) is 0. The van der Waals surface area contributed by atoms with Gasteiger partial charge in [0.25, 0.3) is 0 Å². The van der Waals surface area contributed by atoms with Gasteiger partial charge in [-0.2, -0.15) is 0 Å². The first-order valence-electron chi connectivity index (χ1n) is 1.86. The van der Waals surface area contributed by atoms with Gasteiger partial charge in [-0.25, -0.2) is 0 Å². The average molecular weight is 179 g/mol. The number of nitrogens with zero attached hydrogens (tertiary/aromatic N) is 1. The van der Waals surface area contributed by atoms with E-state index in [0.29, 0.717) is 0 Å². The molecule has 0 rings (SSSR count). The Kier molecular flexibility index (Phi) is 5.92. The number of hydrogen-bond acceptors (Lipinski definition) is 5. The first-order chi connectivity index (χ1) is 3.92. The summed E-state index contributed by atoms with van der Waals surface area (Å²) in [5, 5.41) is 2.68. The zero-order valence-electron chi connectivity index (χ0n) is 7.06. The van der Waals surface area contributed by atoms with Crippen molar-refractivity contribution in [2.45, 2.75) is 0 Å². The minimum Gasteiger partial charge on any atom is -1.00 e. The van der Waals surface area contributed by atoms with Crippen LogP contribution in [-0.2, 0) is 4.53 Å². The van der Waals surface area contributed by atoms with Crippen LogP contribution in [0.25, 0.3) is 0 Å². The summed E-state index contributed by atoms with van der Waals surface area (Å²) in [6.45, 7) is 0. The topological polar surface area (TPSA) is 134 Å². The molecule has 0 aliphatic carbocycles. The molecule has 0 saturated heterocycles. The average Bonchev–Trinajstić information content (AvgIpc) is 1.59. The summed E-state index contributed by atoms with van der Waals surface area (Å²) in [6, 6.07) is 0. The zero-order chi connectivity index (χ0) is 7.49. The third-order valence-corrected chi connectivity index (χ3v) is 0.610. The largest absolute Gasteiger partial charge is 2.00 e. The van der Waals surface area contributed by atoms with E-state index >= 15 is 0 Å². The molecule has 7 N–H and O–H groups in total. The van der Waals surface area contributed by atoms with Gasteiger partial charge in [-0.3, -0.25) is 0 Å². The van der Waals surface area contributed by atoms with Crippen molar-refractivity contribution in [1.82, 2.24) is 0 Å². The molecule has 0 unspecified atom stereocenters. The minimum absolute atomic E-state index is 0. The first-order valence-corrected chi connectivity index (χ1v) is 3.61. The molecule has 7 nitrogen and oxygen atoms in total. The van der Waals surface area contributed by atoms with E-state index in [1.165, 1.54) is 0 Å². The van der Waals surface area contributed by atoms with Crippen molar-refractivity contribution in [3.63, 3.8) is 0 Å². The van der Waals surface area contributed by atoms with Crippen molar-refractivity contribution in [2.75, 3.05) is 0 Å². The maximum absolute atomic E-state index is 8.08. The van der Waals surface area contributed by atoms with Crippen LogP contribution in [0.15, 0.2) is 5.16 Å². The maximum atomic E-state index is 8.08. The number of guanidine groups is 1. The fourth-order valence-corrected chi connectivity index (χ4v) is 0.342. The fourth-order valence-electron chi connectivity index (χ4n) is 0.114. The van der Waals surface area contributed by atoms with Crippen LogP contribution in [0.1, 0.15) is 2.85 Å². The SMILES string of the molecule is NC(N)=NO[Si](O)(O)O.[H-].[H-].[Mg+2]. The molecular weight excluding hydrogens is 170 g/mol. The van der Waals surface area contributed by atoms with Crippen molar-refractivity contribution in [1.29, 1.82) is 0 Å². The van der Waals surface area contributed by atoms with E-state index in [1.807, 2.05) is 0 Å². The molecular formula is CH9MgN3O4Si. The Morgan fingerprint density at radius 3 is 1.90 bits per heavy atom. The quantitative estimate of drug-likeness (QED) is 0.129. The van der Waals surface area contributed by atoms with E-state index in [9.17, 15) is 0 Å². The summed E-state index contributed by atoms with van der Waals surface area (Å²) < 4.78 is 3.63. The van der Waals surface area contributed by atoms with Crippen LogP contribution in [0.5, 0.6) is 0 Å². The van der Waals surface area contributed by atoms with Crippen molar-refractivity contribution in [3.8, 4) is 0 Å². The minimum atomic E-state index is -4.57. The van der Waals surface area contributed by atoms with E-state index in [1.54, 1.807) is 0 Å². The molecule has 0 aromatic carbocycles. The van der Waals surface area contributed by atoms with Crippen LogP contribution in [0.2, 0.25) is 0 Å². The van der Waals surface area contributed by atoms with Crippen molar-refractivity contribution < 1.29 is 21.8 Å². The second-order valence-electron chi connectivity index (χ2n) is 1.18. The van der Waals surface area contributed by atoms with Crippen molar-refractivity contribution in [3.05, 3.63) is 0 Å². The molecule has 0 heterocycles. The Labute approximate surface area is 76.9 Å². The molecule has 0 fully saturated rings. The van der Waals surface area contributed by atoms with Gasteiger partial charge in [0.2, 0.25) is 5.96 Å². The van der Waals surface area contributed by atoms with Gasteiger partial charge in [-0.1, -0.05) is 5.16 Å². The van der Waals surface area contributed by atoms with Crippen LogP contribution < -0.4 is 11.5 Å². The van der Waals surface area contributed by atoms with Gasteiger partial charge in [-0.15, -0.1) is 0 Å². The summed E-state index contributed by atoms with van der Waals surface area (Å²) in [5.74, 6) is -0.496. The normalized spacial score (nSPS) is 9.50. The summed E-state index contributed by atoms with van der Waals surface area (Å²) in [7, 11) is -4.57. The van der Waals surface area contributed by atoms with E-state index in [0.717, 1.165) is 0 Å². The summed E-state index contributed by atoms with van der Waals surface area (Å²) >= 11 is 0. The number of oxime groups is 1. The van der Waals surface area contributed by atoms with Gasteiger partial charge >= 0.3 is 32.1 Å². The molecule has 0 aliphatic rings. The zero-order valence-corrected chi connectivity index (χ0v) is 7.47. The molecule has 58 valence electrons. The number of hydrogen-bond donors (Lipinski definition) is 5. The molecule has 0 spiro atoms. The summed E-state index contributed by atoms with van der Waals surface area (Å²) in [4.78, 5) is 24.2. The van der Waals surface area contributed by atoms with Crippen molar-refractivity contribution in [2.24, 2.45) is 16.6 Å². The van der Waals surface area contributed by atoms with Gasteiger partial charge in [0.15, 0.2) is 0 Å². The standard InChI is InChI=1S/CH7N3O4Si.Mg.2H/c2-1(3)4-8-9(5,6)7;;;/h5-7H,(H4,2,3,4);;;/q;+2;2*-1. The number of rotatable bonds is 2. The molecule has 0 saturated carbocycles. The third kappa shape index (κ3) is 10.8. The Morgan fingerprint density at radius 1 is 1.40 bits per heavy atom. The molecule has 0 atom stereocenters. The predicted molar refractivity (Wildman–Crippen MR) is 37.3 cm³/mol. The molecule has 0 bridgehead atoms. The van der Waals surface area contributed by atoms with E-state index in [4.69, 9.17) is 25.9 Å². The predicted octanol–water partition coefficient (Wildman–Crippen LogP) is -3.55. The first kappa shape index (κ1) is 12.6.